The number of rotatable bonds is 4. The largest absolute Gasteiger partial charge is 0.397 e. The summed E-state index contributed by atoms with van der Waals surface area (Å²) in [7, 11) is 0. The molecule has 0 radical (unpaired) electrons. The van der Waals surface area contributed by atoms with Crippen LogP contribution in [0.4, 0.5) is 11.4 Å². The van der Waals surface area contributed by atoms with Gasteiger partial charge in [-0.1, -0.05) is 30.7 Å². The first-order chi connectivity index (χ1) is 9.52. The number of halogens is 1. The van der Waals surface area contributed by atoms with Crippen LogP contribution in [0.15, 0.2) is 30.5 Å². The number of carbonyl (C=O) groups is 1. The zero-order valence-corrected chi connectivity index (χ0v) is 12.4. The first kappa shape index (κ1) is 14.5. The van der Waals surface area contributed by atoms with Gasteiger partial charge in [0.25, 0.3) is 5.91 Å². The predicted molar refractivity (Wildman–Crippen MR) is 83.3 cm³/mol. The lowest BCUT2D eigenvalue weighted by molar-refractivity contribution is 0.101. The summed E-state index contributed by atoms with van der Waals surface area (Å²) in [6, 6.07) is 7.19. The van der Waals surface area contributed by atoms with E-state index in [1.54, 1.807) is 18.3 Å². The van der Waals surface area contributed by atoms with E-state index in [9.17, 15) is 4.79 Å². The molecule has 0 bridgehead atoms. The molecule has 2 aromatic rings. The van der Waals surface area contributed by atoms with Crippen LogP contribution < -0.4 is 11.1 Å². The molecule has 0 unspecified atom stereocenters. The number of aromatic nitrogens is 1. The number of carbonyl (C=O) groups excluding carboxylic acids is 1. The average molecular weight is 292 g/mol. The molecule has 5 heteroatoms. The van der Waals surface area contributed by atoms with Crippen molar-refractivity contribution >= 4 is 28.9 Å². The first-order valence-electron chi connectivity index (χ1n) is 6.55. The molecule has 20 heavy (non-hydrogen) atoms. The second kappa shape index (κ2) is 6.01. The molecule has 1 heterocycles. The molecule has 2 rings (SSSR count). The van der Waals surface area contributed by atoms with Gasteiger partial charge in [-0.25, -0.2) is 0 Å². The maximum absolute atomic E-state index is 12.4. The van der Waals surface area contributed by atoms with Crippen LogP contribution in [0.3, 0.4) is 0 Å². The van der Waals surface area contributed by atoms with Crippen LogP contribution in [0.2, 0.25) is 5.02 Å². The van der Waals surface area contributed by atoms with Gasteiger partial charge in [-0.3, -0.25) is 4.79 Å². The standard InChI is InChI=1S/C15H18ClN3O/c1-3-7-19-9-11(17)8-13(19)15(20)18-14-10(2)5-4-6-12(14)16/h4-6,8-9H,3,7,17H2,1-2H3,(H,18,20). The highest BCUT2D eigenvalue weighted by molar-refractivity contribution is 6.34. The summed E-state index contributed by atoms with van der Waals surface area (Å²) in [6.07, 6.45) is 2.71. The third kappa shape index (κ3) is 2.96. The van der Waals surface area contributed by atoms with Gasteiger partial charge in [0, 0.05) is 12.7 Å². The molecule has 0 aliphatic heterocycles. The fourth-order valence-electron chi connectivity index (χ4n) is 2.12. The summed E-state index contributed by atoms with van der Waals surface area (Å²) < 4.78 is 1.86. The highest BCUT2D eigenvalue weighted by atomic mass is 35.5. The van der Waals surface area contributed by atoms with Crippen molar-refractivity contribution in [3.8, 4) is 0 Å². The number of aryl methyl sites for hydroxylation is 2. The quantitative estimate of drug-likeness (QED) is 0.902. The number of nitrogens with two attached hydrogens (primary N) is 1. The number of benzene rings is 1. The summed E-state index contributed by atoms with van der Waals surface area (Å²) in [5.41, 5.74) is 8.47. The van der Waals surface area contributed by atoms with Crippen molar-refractivity contribution in [1.82, 2.24) is 4.57 Å². The molecule has 0 saturated carbocycles. The fourth-order valence-corrected chi connectivity index (χ4v) is 2.39. The fraction of sp³-hybridized carbons (Fsp3) is 0.267. The van der Waals surface area contributed by atoms with Crippen molar-refractivity contribution in [3.05, 3.63) is 46.7 Å². The minimum Gasteiger partial charge on any atom is -0.397 e. The topological polar surface area (TPSA) is 60.0 Å². The Bertz CT molecular complexity index is 614. The molecular formula is C15H18ClN3O. The summed E-state index contributed by atoms with van der Waals surface area (Å²) in [6.45, 7) is 4.71. The van der Waals surface area contributed by atoms with Gasteiger partial charge >= 0.3 is 0 Å². The Morgan fingerprint density at radius 2 is 2.20 bits per heavy atom. The van der Waals surface area contributed by atoms with Gasteiger partial charge in [-0.05, 0) is 31.0 Å². The second-order valence-corrected chi connectivity index (χ2v) is 5.15. The number of nitrogen functional groups attached to an aromatic ring is 1. The number of amides is 1. The number of nitrogens with zero attached hydrogens (tertiary/aromatic N) is 1. The molecule has 0 aliphatic carbocycles. The minimum atomic E-state index is -0.202. The van der Waals surface area contributed by atoms with Gasteiger partial charge < -0.3 is 15.6 Å². The smallest absolute Gasteiger partial charge is 0.272 e. The Balaban J connectivity index is 2.28. The maximum atomic E-state index is 12.4. The van der Waals surface area contributed by atoms with Gasteiger partial charge in [-0.2, -0.15) is 0 Å². The van der Waals surface area contributed by atoms with Crippen molar-refractivity contribution in [3.63, 3.8) is 0 Å². The monoisotopic (exact) mass is 291 g/mol. The highest BCUT2D eigenvalue weighted by Crippen LogP contribution is 2.26. The van der Waals surface area contributed by atoms with E-state index in [0.29, 0.717) is 22.1 Å². The summed E-state index contributed by atoms with van der Waals surface area (Å²) in [5.74, 6) is -0.202. The van der Waals surface area contributed by atoms with E-state index >= 15 is 0 Å². The third-order valence-electron chi connectivity index (χ3n) is 3.08. The van der Waals surface area contributed by atoms with Crippen LogP contribution in [0, 0.1) is 6.92 Å². The molecule has 0 fully saturated rings. The average Bonchev–Trinajstić information content (AvgIpc) is 2.75. The normalized spacial score (nSPS) is 10.6. The van der Waals surface area contributed by atoms with Crippen LogP contribution >= 0.6 is 11.6 Å². The second-order valence-electron chi connectivity index (χ2n) is 4.74. The van der Waals surface area contributed by atoms with E-state index in [4.69, 9.17) is 17.3 Å². The first-order valence-corrected chi connectivity index (χ1v) is 6.92. The number of nitrogens with one attached hydrogen (secondary N) is 1. The van der Waals surface area contributed by atoms with Crippen molar-refractivity contribution < 1.29 is 4.79 Å². The van der Waals surface area contributed by atoms with Gasteiger partial charge in [0.05, 0.1) is 16.4 Å². The third-order valence-corrected chi connectivity index (χ3v) is 3.39. The Morgan fingerprint density at radius 1 is 1.45 bits per heavy atom. The summed E-state index contributed by atoms with van der Waals surface area (Å²) in [5, 5.41) is 3.39. The zero-order chi connectivity index (χ0) is 14.7. The molecule has 0 atom stereocenters. The molecule has 106 valence electrons. The van der Waals surface area contributed by atoms with Crippen molar-refractivity contribution in [2.75, 3.05) is 11.1 Å². The summed E-state index contributed by atoms with van der Waals surface area (Å²) >= 11 is 6.12. The molecule has 3 N–H and O–H groups in total. The van der Waals surface area contributed by atoms with Crippen LogP contribution in [0.1, 0.15) is 29.4 Å². The molecule has 4 nitrogen and oxygen atoms in total. The van der Waals surface area contributed by atoms with Crippen LogP contribution in [-0.2, 0) is 6.54 Å². The van der Waals surface area contributed by atoms with Crippen molar-refractivity contribution in [2.45, 2.75) is 26.8 Å². The number of hydrogen-bond donors (Lipinski definition) is 2. The molecule has 1 amide bonds. The minimum absolute atomic E-state index is 0.202. The zero-order valence-electron chi connectivity index (χ0n) is 11.6. The Hall–Kier alpha value is -1.94. The number of para-hydroxylation sites is 1. The van der Waals surface area contributed by atoms with E-state index < -0.39 is 0 Å². The maximum Gasteiger partial charge on any atom is 0.272 e. The molecule has 0 saturated heterocycles. The van der Waals surface area contributed by atoms with Gasteiger partial charge in [0.1, 0.15) is 5.69 Å². The van der Waals surface area contributed by atoms with Crippen molar-refractivity contribution in [1.29, 1.82) is 0 Å². The van der Waals surface area contributed by atoms with Crippen LogP contribution in [0.25, 0.3) is 0 Å². The van der Waals surface area contributed by atoms with E-state index in [1.165, 1.54) is 0 Å². The molecular weight excluding hydrogens is 274 g/mol. The SMILES string of the molecule is CCCn1cc(N)cc1C(=O)Nc1c(C)cccc1Cl. The molecule has 0 spiro atoms. The summed E-state index contributed by atoms with van der Waals surface area (Å²) in [4.78, 5) is 12.4. The number of anilines is 2. The van der Waals surface area contributed by atoms with Crippen LogP contribution in [0.5, 0.6) is 0 Å². The molecule has 1 aromatic carbocycles. The molecule has 1 aromatic heterocycles. The molecule has 0 aliphatic rings. The lowest BCUT2D eigenvalue weighted by Crippen LogP contribution is -2.17. The van der Waals surface area contributed by atoms with E-state index in [2.05, 4.69) is 12.2 Å². The van der Waals surface area contributed by atoms with Gasteiger partial charge in [0.15, 0.2) is 0 Å². The lowest BCUT2D eigenvalue weighted by Gasteiger charge is -2.11. The Labute approximate surface area is 123 Å². The number of hydrogen-bond acceptors (Lipinski definition) is 2. The highest BCUT2D eigenvalue weighted by Gasteiger charge is 2.15. The van der Waals surface area contributed by atoms with Gasteiger partial charge in [0.2, 0.25) is 0 Å². The van der Waals surface area contributed by atoms with E-state index in [1.807, 2.05) is 23.6 Å². The van der Waals surface area contributed by atoms with Gasteiger partial charge in [-0.15, -0.1) is 0 Å². The predicted octanol–water partition coefficient (Wildman–Crippen LogP) is 3.69. The lowest BCUT2D eigenvalue weighted by atomic mass is 10.2. The van der Waals surface area contributed by atoms with Crippen molar-refractivity contribution in [2.24, 2.45) is 0 Å². The Morgan fingerprint density at radius 3 is 2.85 bits per heavy atom. The Kier molecular flexibility index (Phi) is 4.35. The van der Waals surface area contributed by atoms with E-state index in [-0.39, 0.29) is 5.91 Å². The van der Waals surface area contributed by atoms with Crippen LogP contribution in [-0.4, -0.2) is 10.5 Å². The van der Waals surface area contributed by atoms with E-state index in [0.717, 1.165) is 18.5 Å².